The summed E-state index contributed by atoms with van der Waals surface area (Å²) in [5, 5.41) is 2.32. The fourth-order valence-corrected chi connectivity index (χ4v) is 11.0. The summed E-state index contributed by atoms with van der Waals surface area (Å²) in [7, 11) is 0. The molecule has 0 spiro atoms. The molecule has 324 valence electrons. The number of hydrogen-bond donors (Lipinski definition) is 0. The van der Waals surface area contributed by atoms with E-state index in [2.05, 4.69) is 237 Å². The van der Waals surface area contributed by atoms with Gasteiger partial charge in [-0.3, -0.25) is 0 Å². The van der Waals surface area contributed by atoms with Gasteiger partial charge in [0.25, 0.3) is 0 Å². The number of pyridine rings is 2. The summed E-state index contributed by atoms with van der Waals surface area (Å²) >= 11 is 2.51. The van der Waals surface area contributed by atoms with E-state index in [1.54, 1.807) is 0 Å². The number of nitrogens with zero attached hydrogens (tertiary/aromatic N) is 4. The molecule has 6 heterocycles. The number of fused-ring (bicyclic) bond motifs is 3. The first-order valence-electron chi connectivity index (χ1n) is 22.8. The van der Waals surface area contributed by atoms with Crippen molar-refractivity contribution in [1.29, 1.82) is 0 Å². The minimum absolute atomic E-state index is 0.105. The van der Waals surface area contributed by atoms with E-state index >= 15 is 0 Å². The van der Waals surface area contributed by atoms with Crippen LogP contribution in [-0.2, 0) is 55.9 Å². The van der Waals surface area contributed by atoms with Crippen molar-refractivity contribution in [3.8, 4) is 34.1 Å². The van der Waals surface area contributed by atoms with Gasteiger partial charge in [0.15, 0.2) is 0 Å². The summed E-state index contributed by atoms with van der Waals surface area (Å²) in [4.78, 5) is 5.04. The van der Waals surface area contributed by atoms with E-state index in [0.29, 0.717) is 0 Å². The second kappa shape index (κ2) is 16.2. The molecule has 4 bridgehead atoms. The Morgan fingerprint density at radius 3 is 2.14 bits per heavy atom. The minimum atomic E-state index is -0.223. The van der Waals surface area contributed by atoms with Crippen molar-refractivity contribution in [2.45, 2.75) is 71.1 Å². The van der Waals surface area contributed by atoms with Gasteiger partial charge in [0.05, 0.1) is 0 Å². The van der Waals surface area contributed by atoms with Gasteiger partial charge in [0.1, 0.15) is 0 Å². The van der Waals surface area contributed by atoms with Crippen LogP contribution in [0.1, 0.15) is 73.7 Å². The fourth-order valence-electron chi connectivity index (χ4n) is 10.00. The monoisotopic (exact) mass is 1030 g/mol. The average Bonchev–Trinajstić information content (AvgIpc) is 3.84. The third kappa shape index (κ3) is 7.50. The van der Waals surface area contributed by atoms with Crippen molar-refractivity contribution in [1.82, 2.24) is 18.5 Å². The van der Waals surface area contributed by atoms with Gasteiger partial charge in [-0.1, -0.05) is 80.6 Å². The molecule has 4 aromatic heterocycles. The summed E-state index contributed by atoms with van der Waals surface area (Å²) in [5.74, 6) is 2.42. The number of aromatic nitrogens is 4. The first kappa shape index (κ1) is 41.2. The van der Waals surface area contributed by atoms with E-state index < -0.39 is 0 Å². The van der Waals surface area contributed by atoms with Gasteiger partial charge >= 0.3 is 274 Å². The fraction of sp³-hybridized carbons (Fsp3) is 0.186. The number of imidazole rings is 1. The number of rotatable bonds is 7. The van der Waals surface area contributed by atoms with Crippen molar-refractivity contribution in [3.05, 3.63) is 219 Å². The molecule has 6 heteroatoms. The van der Waals surface area contributed by atoms with Gasteiger partial charge in [0, 0.05) is 11.6 Å². The third-order valence-corrected chi connectivity index (χ3v) is 14.7. The molecule has 6 aromatic carbocycles. The predicted molar refractivity (Wildman–Crippen MR) is 263 cm³/mol. The van der Waals surface area contributed by atoms with Gasteiger partial charge in [-0.25, -0.2) is 0 Å². The average molecular weight is 1030 g/mol. The molecule has 5 nitrogen and oxygen atoms in total. The van der Waals surface area contributed by atoms with Gasteiger partial charge in [-0.05, 0) is 28.3 Å². The van der Waals surface area contributed by atoms with E-state index in [1.807, 2.05) is 6.20 Å². The van der Waals surface area contributed by atoms with E-state index in [1.165, 1.54) is 61.1 Å². The Balaban J connectivity index is 0.981. The first-order valence-corrected chi connectivity index (χ1v) is 23.9. The van der Waals surface area contributed by atoms with Crippen LogP contribution in [0, 0.1) is 3.80 Å². The van der Waals surface area contributed by atoms with E-state index in [0.717, 1.165) is 68.9 Å². The standard InChI is InChI=1S/C59H52N4O.Pt/c1-58(2,3)53-33-40-19-21-42(53)22-23-43-24-27-47(26-20-40)62-39-61(38-56(43)62)48-17-12-18-49(36-48)64-50-28-29-51-52-34-44(41-13-8-6-9-14-41)25-30-54(52)63(55(51)37-50)57-35-46(31-32-60-57)59(4,5)45-15-10-7-11-16-45;/h6-19,21,24-25,27-38H,20,22-23,26H2,1-5H3;. The Hall–Kier alpha value is -6.55. The Morgan fingerprint density at radius 2 is 1.32 bits per heavy atom. The Labute approximate surface area is 392 Å². The molecule has 14 rings (SSSR count). The van der Waals surface area contributed by atoms with Crippen LogP contribution in [-0.4, -0.2) is 18.5 Å². The molecule has 0 fully saturated rings. The third-order valence-electron chi connectivity index (χ3n) is 13.6. The number of benzene rings is 6. The first-order chi connectivity index (χ1) is 31.5. The second-order valence-electron chi connectivity index (χ2n) is 19.2. The molecular weight excluding hydrogens is 976 g/mol. The predicted octanol–water partition coefficient (Wildman–Crippen LogP) is 14.3. The topological polar surface area (TPSA) is 36.4 Å². The SMILES string of the molecule is CC(C)(C)c1cc2ccc1CCc1ccc(n3[c](=[Pt])n(-c4cccc(Oc5ccc6c7cc(-c8ccccc8)ccc7n(-c7cc(C(C)(C)c8ccccc8)ccn7)c6c5)c4)cc13)CC2. The summed E-state index contributed by atoms with van der Waals surface area (Å²) < 4.78 is 15.1. The van der Waals surface area contributed by atoms with Crippen LogP contribution in [0.25, 0.3) is 50.0 Å². The molecule has 0 atom stereocenters. The Morgan fingerprint density at radius 1 is 0.554 bits per heavy atom. The zero-order valence-electron chi connectivity index (χ0n) is 37.6. The maximum atomic E-state index is 6.83. The molecule has 0 radical (unpaired) electrons. The number of aryl methyl sites for hydroxylation is 4. The Kier molecular flexibility index (Phi) is 10.2. The number of ether oxygens (including phenoxy) is 1. The van der Waals surface area contributed by atoms with Crippen LogP contribution < -0.4 is 4.74 Å². The molecule has 2 aliphatic heterocycles. The molecule has 0 unspecified atom stereocenters. The number of hydrogen-bond acceptors (Lipinski definition) is 2. The molecule has 2 aliphatic carbocycles. The normalized spacial score (nSPS) is 13.2. The van der Waals surface area contributed by atoms with Gasteiger partial charge in [-0.15, -0.1) is 0 Å². The summed E-state index contributed by atoms with van der Waals surface area (Å²) in [6, 6.07) is 59.4. The van der Waals surface area contributed by atoms with Crippen LogP contribution in [0.4, 0.5) is 0 Å². The van der Waals surface area contributed by atoms with Gasteiger partial charge in [-0.2, -0.15) is 0 Å². The summed E-state index contributed by atoms with van der Waals surface area (Å²) in [6.07, 6.45) is 8.23. The van der Waals surface area contributed by atoms with Gasteiger partial charge < -0.3 is 0 Å². The summed E-state index contributed by atoms with van der Waals surface area (Å²) in [6.45, 7) is 11.6. The second-order valence-corrected chi connectivity index (χ2v) is 20.2. The molecule has 4 aliphatic rings. The molecule has 10 aromatic rings. The van der Waals surface area contributed by atoms with E-state index in [-0.39, 0.29) is 10.8 Å². The Bertz CT molecular complexity index is 3500. The van der Waals surface area contributed by atoms with Crippen LogP contribution in [0.2, 0.25) is 0 Å². The van der Waals surface area contributed by atoms with Crippen molar-refractivity contribution in [2.24, 2.45) is 0 Å². The van der Waals surface area contributed by atoms with Gasteiger partial charge in [0.2, 0.25) is 0 Å². The van der Waals surface area contributed by atoms with E-state index in [9.17, 15) is 0 Å². The van der Waals surface area contributed by atoms with Crippen LogP contribution in [0.15, 0.2) is 176 Å². The van der Waals surface area contributed by atoms with Crippen molar-refractivity contribution < 1.29 is 24.1 Å². The van der Waals surface area contributed by atoms with E-state index in [4.69, 9.17) is 9.72 Å². The quantitative estimate of drug-likeness (QED) is 0.159. The molecule has 0 amide bonds. The molecule has 0 saturated carbocycles. The van der Waals surface area contributed by atoms with Crippen LogP contribution in [0.5, 0.6) is 11.5 Å². The van der Waals surface area contributed by atoms with Crippen molar-refractivity contribution in [2.75, 3.05) is 0 Å². The molecule has 65 heavy (non-hydrogen) atoms. The zero-order valence-corrected chi connectivity index (χ0v) is 39.9. The van der Waals surface area contributed by atoms with Crippen molar-refractivity contribution in [3.63, 3.8) is 0 Å². The maximum absolute atomic E-state index is 6.83. The molecular formula is C59H52N4OPt. The molecule has 0 saturated heterocycles. The molecule has 0 N–H and O–H groups in total. The summed E-state index contributed by atoms with van der Waals surface area (Å²) in [5.41, 5.74) is 16.2. The van der Waals surface area contributed by atoms with Crippen LogP contribution in [0.3, 0.4) is 0 Å². The zero-order chi connectivity index (χ0) is 44.5. The van der Waals surface area contributed by atoms with Crippen molar-refractivity contribution >= 4 is 27.3 Å². The van der Waals surface area contributed by atoms with Crippen LogP contribution >= 0.6 is 0 Å².